The summed E-state index contributed by atoms with van der Waals surface area (Å²) >= 11 is 0. The molecule has 15 heavy (non-hydrogen) atoms. The largest absolute Gasteiger partial charge is 0.382 e. The Kier molecular flexibility index (Phi) is 6.17. The van der Waals surface area contributed by atoms with Gasteiger partial charge in [0, 0.05) is 26.6 Å². The zero-order valence-electron chi connectivity index (χ0n) is 9.65. The summed E-state index contributed by atoms with van der Waals surface area (Å²) in [5.41, 5.74) is 0. The van der Waals surface area contributed by atoms with Crippen molar-refractivity contribution in [2.75, 3.05) is 20.3 Å². The number of hydrogen-bond donors (Lipinski definition) is 1. The van der Waals surface area contributed by atoms with Crippen molar-refractivity contribution in [2.24, 2.45) is 0 Å². The van der Waals surface area contributed by atoms with Gasteiger partial charge in [0.25, 0.3) is 0 Å². The second-order valence-electron chi connectivity index (χ2n) is 3.99. The monoisotopic (exact) mass is 218 g/mol. The van der Waals surface area contributed by atoms with E-state index >= 15 is 0 Å². The van der Waals surface area contributed by atoms with Gasteiger partial charge in [-0.25, -0.2) is 0 Å². The van der Waals surface area contributed by atoms with Gasteiger partial charge < -0.3 is 19.3 Å². The van der Waals surface area contributed by atoms with Crippen LogP contribution in [0, 0.1) is 0 Å². The molecule has 1 aliphatic rings. The highest BCUT2D eigenvalue weighted by atomic mass is 16.6. The van der Waals surface area contributed by atoms with Gasteiger partial charge in [0.15, 0.2) is 6.29 Å². The summed E-state index contributed by atoms with van der Waals surface area (Å²) in [4.78, 5) is 0. The molecule has 1 heterocycles. The zero-order valence-corrected chi connectivity index (χ0v) is 9.65. The van der Waals surface area contributed by atoms with Gasteiger partial charge in [0.1, 0.15) is 0 Å². The van der Waals surface area contributed by atoms with Crippen molar-refractivity contribution >= 4 is 0 Å². The number of rotatable bonds is 6. The highest BCUT2D eigenvalue weighted by Gasteiger charge is 2.28. The van der Waals surface area contributed by atoms with E-state index in [9.17, 15) is 5.11 Å². The van der Waals surface area contributed by atoms with E-state index in [1.807, 2.05) is 0 Å². The number of methoxy groups -OCH3 is 1. The van der Waals surface area contributed by atoms with Crippen LogP contribution in [0.15, 0.2) is 0 Å². The van der Waals surface area contributed by atoms with Crippen molar-refractivity contribution in [3.05, 3.63) is 0 Å². The molecule has 0 aliphatic carbocycles. The Morgan fingerprint density at radius 2 is 2.20 bits per heavy atom. The summed E-state index contributed by atoms with van der Waals surface area (Å²) in [7, 11) is 1.64. The number of unbranched alkanes of at least 4 members (excludes halogenated alkanes) is 1. The van der Waals surface area contributed by atoms with E-state index in [1.165, 1.54) is 0 Å². The first-order valence-electron chi connectivity index (χ1n) is 5.70. The van der Waals surface area contributed by atoms with Crippen LogP contribution in [-0.4, -0.2) is 43.9 Å². The smallest absolute Gasteiger partial charge is 0.157 e. The fourth-order valence-electron chi connectivity index (χ4n) is 1.77. The predicted octanol–water partition coefficient (Wildman–Crippen LogP) is 1.32. The zero-order chi connectivity index (χ0) is 11.1. The minimum atomic E-state index is -0.703. The number of aliphatic hydroxyl groups excluding tert-OH is 1. The van der Waals surface area contributed by atoms with Gasteiger partial charge >= 0.3 is 0 Å². The standard InChI is InChI=1S/C11H22O4/c1-3-4-5-14-9-6-10(8-13-2)15-11(12)7-9/h9-12H,3-8H2,1-2H3/t9?,10-,11?/m0/s1. The maximum absolute atomic E-state index is 9.48. The lowest BCUT2D eigenvalue weighted by Gasteiger charge is -2.32. The van der Waals surface area contributed by atoms with Crippen molar-refractivity contribution in [1.29, 1.82) is 0 Å². The van der Waals surface area contributed by atoms with Crippen molar-refractivity contribution in [1.82, 2.24) is 0 Å². The van der Waals surface area contributed by atoms with Crippen LogP contribution in [0.2, 0.25) is 0 Å². The molecule has 0 amide bonds. The lowest BCUT2D eigenvalue weighted by Crippen LogP contribution is -2.39. The number of aliphatic hydroxyl groups is 1. The summed E-state index contributed by atoms with van der Waals surface area (Å²) < 4.78 is 16.0. The van der Waals surface area contributed by atoms with Crippen LogP contribution in [-0.2, 0) is 14.2 Å². The van der Waals surface area contributed by atoms with Crippen LogP contribution in [0.25, 0.3) is 0 Å². The van der Waals surface area contributed by atoms with Crippen LogP contribution < -0.4 is 0 Å². The molecule has 1 N–H and O–H groups in total. The fraction of sp³-hybridized carbons (Fsp3) is 1.00. The molecule has 0 aromatic heterocycles. The number of ether oxygens (including phenoxy) is 3. The Balaban J connectivity index is 2.24. The average molecular weight is 218 g/mol. The third kappa shape index (κ3) is 4.93. The summed E-state index contributed by atoms with van der Waals surface area (Å²) in [5.74, 6) is 0. The Hall–Kier alpha value is -0.160. The molecule has 3 atom stereocenters. The Morgan fingerprint density at radius 3 is 2.87 bits per heavy atom. The lowest BCUT2D eigenvalue weighted by molar-refractivity contribution is -0.207. The molecule has 2 unspecified atom stereocenters. The Morgan fingerprint density at radius 1 is 1.40 bits per heavy atom. The molecule has 0 aromatic rings. The molecule has 90 valence electrons. The molecule has 4 heteroatoms. The molecule has 1 aliphatic heterocycles. The molecule has 0 radical (unpaired) electrons. The quantitative estimate of drug-likeness (QED) is 0.683. The molecular formula is C11H22O4. The maximum Gasteiger partial charge on any atom is 0.157 e. The van der Waals surface area contributed by atoms with E-state index in [0.717, 1.165) is 25.9 Å². The molecule has 1 saturated heterocycles. The summed E-state index contributed by atoms with van der Waals surface area (Å²) in [5, 5.41) is 9.48. The van der Waals surface area contributed by atoms with Crippen LogP contribution in [0.3, 0.4) is 0 Å². The summed E-state index contributed by atoms with van der Waals surface area (Å²) in [6.45, 7) is 3.42. The molecule has 0 bridgehead atoms. The third-order valence-electron chi connectivity index (χ3n) is 2.54. The topological polar surface area (TPSA) is 47.9 Å². The highest BCUT2D eigenvalue weighted by Crippen LogP contribution is 2.21. The first kappa shape index (κ1) is 12.9. The summed E-state index contributed by atoms with van der Waals surface area (Å²) in [6.07, 6.45) is 2.96. The third-order valence-corrected chi connectivity index (χ3v) is 2.54. The molecule has 0 saturated carbocycles. The van der Waals surface area contributed by atoms with Crippen molar-refractivity contribution in [2.45, 2.75) is 51.1 Å². The van der Waals surface area contributed by atoms with E-state index < -0.39 is 6.29 Å². The van der Waals surface area contributed by atoms with Gasteiger partial charge in [0.2, 0.25) is 0 Å². The van der Waals surface area contributed by atoms with E-state index in [4.69, 9.17) is 14.2 Å². The van der Waals surface area contributed by atoms with E-state index in [0.29, 0.717) is 13.0 Å². The van der Waals surface area contributed by atoms with Gasteiger partial charge in [-0.15, -0.1) is 0 Å². The maximum atomic E-state index is 9.48. The first-order valence-corrected chi connectivity index (χ1v) is 5.70. The molecule has 0 aromatic carbocycles. The van der Waals surface area contributed by atoms with E-state index in [2.05, 4.69) is 6.92 Å². The average Bonchev–Trinajstić information content (AvgIpc) is 2.18. The minimum absolute atomic E-state index is 0.0367. The molecule has 0 spiro atoms. The molecule has 1 fully saturated rings. The summed E-state index contributed by atoms with van der Waals surface area (Å²) in [6, 6.07) is 0. The molecular weight excluding hydrogens is 196 g/mol. The SMILES string of the molecule is CCCCOC1CC(O)O[C@H](COC)C1. The lowest BCUT2D eigenvalue weighted by atomic mass is 10.1. The van der Waals surface area contributed by atoms with Crippen molar-refractivity contribution < 1.29 is 19.3 Å². The minimum Gasteiger partial charge on any atom is -0.382 e. The van der Waals surface area contributed by atoms with Crippen LogP contribution in [0.5, 0.6) is 0 Å². The first-order chi connectivity index (χ1) is 7.26. The normalized spacial score (nSPS) is 31.8. The highest BCUT2D eigenvalue weighted by molar-refractivity contribution is 4.73. The fourth-order valence-corrected chi connectivity index (χ4v) is 1.77. The molecule has 4 nitrogen and oxygen atoms in total. The second kappa shape index (κ2) is 7.17. The Labute approximate surface area is 91.5 Å². The van der Waals surface area contributed by atoms with Gasteiger partial charge in [-0.05, 0) is 6.42 Å². The molecule has 1 rings (SSSR count). The van der Waals surface area contributed by atoms with Crippen LogP contribution >= 0.6 is 0 Å². The van der Waals surface area contributed by atoms with Crippen molar-refractivity contribution in [3.63, 3.8) is 0 Å². The van der Waals surface area contributed by atoms with Crippen LogP contribution in [0.4, 0.5) is 0 Å². The second-order valence-corrected chi connectivity index (χ2v) is 3.99. The van der Waals surface area contributed by atoms with Crippen molar-refractivity contribution in [3.8, 4) is 0 Å². The van der Waals surface area contributed by atoms with Crippen LogP contribution in [0.1, 0.15) is 32.6 Å². The number of hydrogen-bond acceptors (Lipinski definition) is 4. The van der Waals surface area contributed by atoms with E-state index in [-0.39, 0.29) is 12.2 Å². The van der Waals surface area contributed by atoms with E-state index in [1.54, 1.807) is 7.11 Å². The van der Waals surface area contributed by atoms with Gasteiger partial charge in [-0.3, -0.25) is 0 Å². The Bertz CT molecular complexity index is 163. The van der Waals surface area contributed by atoms with Gasteiger partial charge in [0.05, 0.1) is 18.8 Å². The predicted molar refractivity (Wildman–Crippen MR) is 56.6 cm³/mol. The van der Waals surface area contributed by atoms with Gasteiger partial charge in [-0.2, -0.15) is 0 Å². The van der Waals surface area contributed by atoms with Gasteiger partial charge in [-0.1, -0.05) is 13.3 Å².